The highest BCUT2D eigenvalue weighted by Crippen LogP contribution is 2.20. The van der Waals surface area contributed by atoms with Crippen molar-refractivity contribution >= 4 is 23.2 Å². The van der Waals surface area contributed by atoms with Crippen LogP contribution in [-0.4, -0.2) is 4.98 Å². The van der Waals surface area contributed by atoms with E-state index in [1.54, 1.807) is 0 Å². The molecule has 2 aromatic rings. The van der Waals surface area contributed by atoms with Gasteiger partial charge in [-0.2, -0.15) is 0 Å². The number of pyridine rings is 2. The Hall–Kier alpha value is -0.640. The summed E-state index contributed by atoms with van der Waals surface area (Å²) < 4.78 is 2.09. The SMILES string of the molecule is CC(C)(C)c1cc[n+](Cc2cc(Cl)nc(Cl)c2)cc1.[Br-]. The molecular formula is C15H17BrCl2N2. The van der Waals surface area contributed by atoms with Gasteiger partial charge in [0, 0.05) is 17.7 Å². The number of aromatic nitrogens is 2. The Kier molecular flexibility index (Phi) is 5.99. The summed E-state index contributed by atoms with van der Waals surface area (Å²) in [7, 11) is 0. The highest BCUT2D eigenvalue weighted by Gasteiger charge is 2.15. The molecule has 0 radical (unpaired) electrons. The molecule has 5 heteroatoms. The molecule has 0 fully saturated rings. The quantitative estimate of drug-likeness (QED) is 0.565. The van der Waals surface area contributed by atoms with E-state index in [-0.39, 0.29) is 22.4 Å². The molecule has 0 aliphatic rings. The summed E-state index contributed by atoms with van der Waals surface area (Å²) in [4.78, 5) is 3.94. The highest BCUT2D eigenvalue weighted by molar-refractivity contribution is 6.32. The van der Waals surface area contributed by atoms with Gasteiger partial charge in [0.25, 0.3) is 0 Å². The van der Waals surface area contributed by atoms with E-state index in [1.165, 1.54) is 5.56 Å². The van der Waals surface area contributed by atoms with Crippen molar-refractivity contribution in [3.63, 3.8) is 0 Å². The van der Waals surface area contributed by atoms with Crippen molar-refractivity contribution in [2.75, 3.05) is 0 Å². The molecule has 0 saturated carbocycles. The number of nitrogens with zero attached hydrogens (tertiary/aromatic N) is 2. The van der Waals surface area contributed by atoms with Crippen molar-refractivity contribution in [2.45, 2.75) is 32.7 Å². The monoisotopic (exact) mass is 374 g/mol. The third kappa shape index (κ3) is 4.72. The molecule has 0 saturated heterocycles. The van der Waals surface area contributed by atoms with Crippen molar-refractivity contribution in [1.82, 2.24) is 4.98 Å². The molecule has 2 rings (SSSR count). The Morgan fingerprint density at radius 2 is 1.55 bits per heavy atom. The summed E-state index contributed by atoms with van der Waals surface area (Å²) in [5.74, 6) is 0. The third-order valence-corrected chi connectivity index (χ3v) is 3.33. The summed E-state index contributed by atoms with van der Waals surface area (Å²) in [5, 5.41) is 0.851. The fraction of sp³-hybridized carbons (Fsp3) is 0.333. The molecule has 0 aliphatic carbocycles. The molecule has 0 atom stereocenters. The number of hydrogen-bond donors (Lipinski definition) is 0. The van der Waals surface area contributed by atoms with Crippen LogP contribution in [-0.2, 0) is 12.0 Å². The molecule has 0 amide bonds. The number of rotatable bonds is 2. The summed E-state index contributed by atoms with van der Waals surface area (Å²) in [6, 6.07) is 7.95. The maximum atomic E-state index is 5.90. The van der Waals surface area contributed by atoms with Crippen LogP contribution in [0.5, 0.6) is 0 Å². The lowest BCUT2D eigenvalue weighted by Gasteiger charge is -2.17. The Bertz CT molecular complexity index is 557. The maximum Gasteiger partial charge on any atom is 0.174 e. The zero-order valence-corrected chi connectivity index (χ0v) is 14.8. The topological polar surface area (TPSA) is 16.8 Å². The molecule has 0 spiro atoms. The fourth-order valence-corrected chi connectivity index (χ4v) is 2.38. The lowest BCUT2D eigenvalue weighted by atomic mass is 9.88. The van der Waals surface area contributed by atoms with Crippen molar-refractivity contribution in [3.8, 4) is 0 Å². The molecule has 20 heavy (non-hydrogen) atoms. The average Bonchev–Trinajstić information content (AvgIpc) is 2.26. The van der Waals surface area contributed by atoms with Gasteiger partial charge in [0.05, 0.1) is 0 Å². The number of halogens is 3. The second-order valence-electron chi connectivity index (χ2n) is 5.63. The van der Waals surface area contributed by atoms with Crippen LogP contribution in [0.15, 0.2) is 36.7 Å². The Balaban J connectivity index is 0.00000200. The second kappa shape index (κ2) is 6.88. The van der Waals surface area contributed by atoms with Gasteiger partial charge in [-0.1, -0.05) is 44.0 Å². The molecule has 0 aromatic carbocycles. The minimum Gasteiger partial charge on any atom is -1.00 e. The van der Waals surface area contributed by atoms with E-state index in [4.69, 9.17) is 23.2 Å². The molecule has 0 unspecified atom stereocenters. The molecule has 2 heterocycles. The van der Waals surface area contributed by atoms with Gasteiger partial charge in [-0.05, 0) is 23.1 Å². The van der Waals surface area contributed by atoms with Crippen molar-refractivity contribution < 1.29 is 21.5 Å². The van der Waals surface area contributed by atoms with E-state index in [0.717, 1.165) is 12.1 Å². The van der Waals surface area contributed by atoms with Gasteiger partial charge in [0.15, 0.2) is 18.9 Å². The molecule has 0 aliphatic heterocycles. The van der Waals surface area contributed by atoms with Crippen LogP contribution in [0.3, 0.4) is 0 Å². The largest absolute Gasteiger partial charge is 1.00 e. The smallest absolute Gasteiger partial charge is 0.174 e. The molecule has 108 valence electrons. The standard InChI is InChI=1S/C15H17Cl2N2.BrH/c1-15(2,3)12-4-6-19(7-5-12)10-11-8-13(16)18-14(17)9-11;/h4-9H,10H2,1-3H3;1H/q+1;/p-1. The Morgan fingerprint density at radius 3 is 2.00 bits per heavy atom. The van der Waals surface area contributed by atoms with Crippen LogP contribution in [0.4, 0.5) is 0 Å². The lowest BCUT2D eigenvalue weighted by Crippen LogP contribution is -3.00. The first-order valence-corrected chi connectivity index (χ1v) is 6.92. The summed E-state index contributed by atoms with van der Waals surface area (Å²) in [6.07, 6.45) is 4.14. The van der Waals surface area contributed by atoms with Crippen LogP contribution in [0.2, 0.25) is 10.3 Å². The first kappa shape index (κ1) is 17.4. The first-order valence-electron chi connectivity index (χ1n) is 6.16. The second-order valence-corrected chi connectivity index (χ2v) is 6.40. The van der Waals surface area contributed by atoms with Gasteiger partial charge < -0.3 is 17.0 Å². The van der Waals surface area contributed by atoms with Crippen LogP contribution in [0, 0.1) is 0 Å². The van der Waals surface area contributed by atoms with Crippen molar-refractivity contribution in [2.24, 2.45) is 0 Å². The summed E-state index contributed by atoms with van der Waals surface area (Å²) in [6.45, 7) is 7.34. The molecule has 0 bridgehead atoms. The van der Waals surface area contributed by atoms with Crippen LogP contribution < -0.4 is 21.5 Å². The van der Waals surface area contributed by atoms with E-state index in [2.05, 4.69) is 54.8 Å². The van der Waals surface area contributed by atoms with Gasteiger partial charge in [-0.25, -0.2) is 9.55 Å². The van der Waals surface area contributed by atoms with Gasteiger partial charge in [-0.3, -0.25) is 0 Å². The third-order valence-electron chi connectivity index (χ3n) is 2.94. The fourth-order valence-electron chi connectivity index (χ4n) is 1.88. The van der Waals surface area contributed by atoms with E-state index in [0.29, 0.717) is 10.3 Å². The van der Waals surface area contributed by atoms with Crippen molar-refractivity contribution in [3.05, 3.63) is 58.1 Å². The predicted molar refractivity (Wildman–Crippen MR) is 78.7 cm³/mol. The van der Waals surface area contributed by atoms with Crippen LogP contribution in [0.25, 0.3) is 0 Å². The van der Waals surface area contributed by atoms with Gasteiger partial charge in [-0.15, -0.1) is 0 Å². The Labute approximate surface area is 140 Å². The summed E-state index contributed by atoms with van der Waals surface area (Å²) >= 11 is 11.8. The molecular weight excluding hydrogens is 359 g/mol. The van der Waals surface area contributed by atoms with Crippen molar-refractivity contribution in [1.29, 1.82) is 0 Å². The minimum absolute atomic E-state index is 0. The van der Waals surface area contributed by atoms with Gasteiger partial charge in [0.1, 0.15) is 10.3 Å². The van der Waals surface area contributed by atoms with E-state index < -0.39 is 0 Å². The van der Waals surface area contributed by atoms with Crippen LogP contribution >= 0.6 is 23.2 Å². The molecule has 2 aromatic heterocycles. The van der Waals surface area contributed by atoms with Crippen LogP contribution in [0.1, 0.15) is 31.9 Å². The Morgan fingerprint density at radius 1 is 1.05 bits per heavy atom. The summed E-state index contributed by atoms with van der Waals surface area (Å²) in [5.41, 5.74) is 2.52. The predicted octanol–water partition coefficient (Wildman–Crippen LogP) is 1.03. The average molecular weight is 376 g/mol. The minimum atomic E-state index is 0. The van der Waals surface area contributed by atoms with Gasteiger partial charge in [0.2, 0.25) is 0 Å². The van der Waals surface area contributed by atoms with E-state index in [1.807, 2.05) is 12.1 Å². The lowest BCUT2D eigenvalue weighted by molar-refractivity contribution is -0.688. The maximum absolute atomic E-state index is 5.90. The molecule has 2 nitrogen and oxygen atoms in total. The molecule has 0 N–H and O–H groups in total. The zero-order chi connectivity index (χ0) is 14.0. The number of hydrogen-bond acceptors (Lipinski definition) is 1. The first-order chi connectivity index (χ1) is 8.84. The van der Waals surface area contributed by atoms with Gasteiger partial charge >= 0.3 is 0 Å². The zero-order valence-electron chi connectivity index (χ0n) is 11.7. The van der Waals surface area contributed by atoms with E-state index >= 15 is 0 Å². The highest BCUT2D eigenvalue weighted by atomic mass is 79.9. The normalized spacial score (nSPS) is 11.1. The van der Waals surface area contributed by atoms with E-state index in [9.17, 15) is 0 Å².